The van der Waals surface area contributed by atoms with Gasteiger partial charge in [0.15, 0.2) is 5.69 Å². The Morgan fingerprint density at radius 2 is 1.93 bits per heavy atom. The summed E-state index contributed by atoms with van der Waals surface area (Å²) in [7, 11) is 0. The van der Waals surface area contributed by atoms with Crippen molar-refractivity contribution >= 4 is 23.0 Å². The van der Waals surface area contributed by atoms with Crippen LogP contribution in [-0.2, 0) is 6.42 Å². The lowest BCUT2D eigenvalue weighted by Crippen LogP contribution is -2.36. The molecule has 1 aromatic carbocycles. The van der Waals surface area contributed by atoms with E-state index in [1.54, 1.807) is 15.5 Å². The molecule has 29 heavy (non-hydrogen) atoms. The first kappa shape index (κ1) is 19.2. The lowest BCUT2D eigenvalue weighted by molar-refractivity contribution is 0.0949. The summed E-state index contributed by atoms with van der Waals surface area (Å²) < 4.78 is 1.72. The molecule has 1 aliphatic rings. The third-order valence-corrected chi connectivity index (χ3v) is 5.32. The van der Waals surface area contributed by atoms with Crippen LogP contribution in [0.25, 0.3) is 5.52 Å². The van der Waals surface area contributed by atoms with E-state index < -0.39 is 0 Å². The maximum atomic E-state index is 13.4. The predicted molar refractivity (Wildman–Crippen MR) is 113 cm³/mol. The number of anilines is 1. The minimum atomic E-state index is -0.243. The molecule has 0 atom stereocenters. The third-order valence-electron chi connectivity index (χ3n) is 5.32. The van der Waals surface area contributed by atoms with E-state index in [2.05, 4.69) is 30.2 Å². The third kappa shape index (κ3) is 3.75. The average Bonchev–Trinajstić information content (AvgIpc) is 3.12. The van der Waals surface area contributed by atoms with E-state index in [1.807, 2.05) is 36.4 Å². The zero-order chi connectivity index (χ0) is 20.4. The summed E-state index contributed by atoms with van der Waals surface area (Å²) in [6.07, 6.45) is 4.56. The molecule has 0 spiro atoms. The van der Waals surface area contributed by atoms with Crippen LogP contribution < -0.4 is 10.2 Å². The highest BCUT2D eigenvalue weighted by Crippen LogP contribution is 2.28. The lowest BCUT2D eigenvalue weighted by atomic mass is 10.0. The van der Waals surface area contributed by atoms with Gasteiger partial charge in [0.2, 0.25) is 5.82 Å². The Labute approximate surface area is 170 Å². The van der Waals surface area contributed by atoms with Crippen LogP contribution in [0.3, 0.4) is 0 Å². The van der Waals surface area contributed by atoms with Gasteiger partial charge in [-0.15, -0.1) is 0 Å². The number of hydrogen-bond acceptors (Lipinski definition) is 3. The molecule has 150 valence electrons. The first-order valence-corrected chi connectivity index (χ1v) is 10.2. The SMILES string of the molecule is CC(C)CCNC(=O)c1nc(C(=O)N2CCCc3ccccc32)n2ccccc12. The monoisotopic (exact) mass is 390 g/mol. The number of hydrogen-bond donors (Lipinski definition) is 1. The molecular formula is C23H26N4O2. The second-order valence-electron chi connectivity index (χ2n) is 7.87. The van der Waals surface area contributed by atoms with Crippen LogP contribution in [0, 0.1) is 5.92 Å². The van der Waals surface area contributed by atoms with Gasteiger partial charge in [-0.2, -0.15) is 0 Å². The molecule has 3 aromatic rings. The van der Waals surface area contributed by atoms with Crippen molar-refractivity contribution in [3.05, 3.63) is 65.7 Å². The molecule has 0 radical (unpaired) electrons. The van der Waals surface area contributed by atoms with Crippen LogP contribution >= 0.6 is 0 Å². The number of carbonyl (C=O) groups is 2. The van der Waals surface area contributed by atoms with Crippen molar-refractivity contribution in [1.82, 2.24) is 14.7 Å². The molecule has 2 aromatic heterocycles. The minimum absolute atomic E-state index is 0.181. The summed E-state index contributed by atoms with van der Waals surface area (Å²) in [5.74, 6) is 0.351. The highest BCUT2D eigenvalue weighted by atomic mass is 16.2. The van der Waals surface area contributed by atoms with E-state index in [0.29, 0.717) is 30.2 Å². The number of nitrogens with zero attached hydrogens (tertiary/aromatic N) is 3. The number of fused-ring (bicyclic) bond motifs is 2. The van der Waals surface area contributed by atoms with Crippen molar-refractivity contribution in [2.24, 2.45) is 5.92 Å². The van der Waals surface area contributed by atoms with Gasteiger partial charge in [0.1, 0.15) is 0 Å². The van der Waals surface area contributed by atoms with E-state index in [1.165, 1.54) is 5.56 Å². The van der Waals surface area contributed by atoms with Gasteiger partial charge in [0.25, 0.3) is 11.8 Å². The fourth-order valence-corrected chi connectivity index (χ4v) is 3.78. The molecule has 0 aliphatic carbocycles. The normalized spacial score (nSPS) is 13.6. The fourth-order valence-electron chi connectivity index (χ4n) is 3.78. The number of para-hydroxylation sites is 1. The van der Waals surface area contributed by atoms with Gasteiger partial charge in [-0.3, -0.25) is 14.0 Å². The van der Waals surface area contributed by atoms with Crippen molar-refractivity contribution in [3.8, 4) is 0 Å². The summed E-state index contributed by atoms with van der Waals surface area (Å²) >= 11 is 0. The van der Waals surface area contributed by atoms with E-state index in [4.69, 9.17) is 0 Å². The molecule has 6 nitrogen and oxygen atoms in total. The maximum Gasteiger partial charge on any atom is 0.294 e. The molecule has 0 bridgehead atoms. The number of aryl methyl sites for hydroxylation is 1. The average molecular weight is 390 g/mol. The Kier molecular flexibility index (Phi) is 5.34. The van der Waals surface area contributed by atoms with Crippen molar-refractivity contribution in [2.45, 2.75) is 33.1 Å². The first-order valence-electron chi connectivity index (χ1n) is 10.2. The van der Waals surface area contributed by atoms with E-state index in [-0.39, 0.29) is 17.6 Å². The molecule has 1 aliphatic heterocycles. The molecule has 2 amide bonds. The number of amides is 2. The summed E-state index contributed by atoms with van der Waals surface area (Å²) in [6, 6.07) is 13.5. The Morgan fingerprint density at radius 1 is 1.14 bits per heavy atom. The molecular weight excluding hydrogens is 364 g/mol. The number of benzene rings is 1. The summed E-state index contributed by atoms with van der Waals surface area (Å²) in [5.41, 5.74) is 3.03. The fraction of sp³-hybridized carbons (Fsp3) is 0.348. The Morgan fingerprint density at radius 3 is 2.76 bits per heavy atom. The van der Waals surface area contributed by atoms with Gasteiger partial charge < -0.3 is 10.2 Å². The van der Waals surface area contributed by atoms with Crippen LogP contribution in [0.1, 0.15) is 53.4 Å². The van der Waals surface area contributed by atoms with Gasteiger partial charge >= 0.3 is 0 Å². The number of nitrogens with one attached hydrogen (secondary N) is 1. The van der Waals surface area contributed by atoms with E-state index >= 15 is 0 Å². The standard InChI is InChI=1S/C23H26N4O2/c1-16(2)12-13-24-22(28)20-19-11-5-6-14-26(19)21(25-20)23(29)27-15-7-9-17-8-3-4-10-18(17)27/h3-6,8,10-11,14,16H,7,9,12-13,15H2,1-2H3,(H,24,28). The quantitative estimate of drug-likeness (QED) is 0.722. The van der Waals surface area contributed by atoms with Crippen LogP contribution in [0.15, 0.2) is 48.7 Å². The molecule has 0 saturated carbocycles. The van der Waals surface area contributed by atoms with Gasteiger partial charge in [0.05, 0.1) is 5.52 Å². The Bertz CT molecular complexity index is 1050. The second-order valence-corrected chi connectivity index (χ2v) is 7.87. The zero-order valence-electron chi connectivity index (χ0n) is 16.9. The van der Waals surface area contributed by atoms with Crippen molar-refractivity contribution in [1.29, 1.82) is 0 Å². The molecule has 4 rings (SSSR count). The van der Waals surface area contributed by atoms with Crippen LogP contribution in [-0.4, -0.2) is 34.3 Å². The number of aromatic nitrogens is 2. The molecule has 6 heteroatoms. The summed E-state index contributed by atoms with van der Waals surface area (Å²) in [6.45, 7) is 5.47. The summed E-state index contributed by atoms with van der Waals surface area (Å²) in [4.78, 5) is 32.4. The molecule has 0 unspecified atom stereocenters. The molecule has 0 saturated heterocycles. The highest BCUT2D eigenvalue weighted by molar-refractivity contribution is 6.07. The zero-order valence-corrected chi connectivity index (χ0v) is 16.9. The van der Waals surface area contributed by atoms with Crippen LogP contribution in [0.4, 0.5) is 5.69 Å². The van der Waals surface area contributed by atoms with Gasteiger partial charge in [-0.05, 0) is 48.9 Å². The Balaban J connectivity index is 1.68. The topological polar surface area (TPSA) is 66.7 Å². The lowest BCUT2D eigenvalue weighted by Gasteiger charge is -2.28. The number of carbonyl (C=O) groups excluding carboxylic acids is 2. The maximum absolute atomic E-state index is 13.4. The van der Waals surface area contributed by atoms with Crippen molar-refractivity contribution in [2.75, 3.05) is 18.0 Å². The molecule has 1 N–H and O–H groups in total. The van der Waals surface area contributed by atoms with E-state index in [9.17, 15) is 9.59 Å². The summed E-state index contributed by atoms with van der Waals surface area (Å²) in [5, 5.41) is 2.93. The first-order chi connectivity index (χ1) is 14.1. The highest BCUT2D eigenvalue weighted by Gasteiger charge is 2.28. The van der Waals surface area contributed by atoms with Gasteiger partial charge in [-0.25, -0.2) is 4.98 Å². The molecule has 3 heterocycles. The Hall–Kier alpha value is -3.15. The van der Waals surface area contributed by atoms with Gasteiger partial charge in [0, 0.05) is 25.0 Å². The predicted octanol–water partition coefficient (Wildman–Crippen LogP) is 3.70. The van der Waals surface area contributed by atoms with Crippen molar-refractivity contribution < 1.29 is 9.59 Å². The number of imidazole rings is 1. The van der Waals surface area contributed by atoms with Gasteiger partial charge in [-0.1, -0.05) is 38.1 Å². The van der Waals surface area contributed by atoms with Crippen LogP contribution in [0.2, 0.25) is 0 Å². The molecule has 0 fully saturated rings. The van der Waals surface area contributed by atoms with Crippen molar-refractivity contribution in [3.63, 3.8) is 0 Å². The second kappa shape index (κ2) is 8.07. The smallest absolute Gasteiger partial charge is 0.294 e. The minimum Gasteiger partial charge on any atom is -0.351 e. The number of rotatable bonds is 5. The largest absolute Gasteiger partial charge is 0.351 e. The van der Waals surface area contributed by atoms with Crippen LogP contribution in [0.5, 0.6) is 0 Å². The van der Waals surface area contributed by atoms with E-state index in [0.717, 1.165) is 24.9 Å². The number of pyridine rings is 1.